The van der Waals surface area contributed by atoms with E-state index in [1.807, 2.05) is 36.4 Å². The van der Waals surface area contributed by atoms with E-state index in [-0.39, 0.29) is 18.0 Å². The number of hydrogen-bond acceptors (Lipinski definition) is 4. The first-order valence-corrected chi connectivity index (χ1v) is 10.4. The molecule has 3 rings (SSSR count). The topological polar surface area (TPSA) is 72.0 Å². The fourth-order valence-corrected chi connectivity index (χ4v) is 3.75. The zero-order valence-corrected chi connectivity index (χ0v) is 18.2. The number of carbonyl (C=O) groups excluding carboxylic acids is 2. The van der Waals surface area contributed by atoms with E-state index in [9.17, 15) is 18.4 Å². The van der Waals surface area contributed by atoms with Crippen LogP contribution in [0.5, 0.6) is 0 Å². The number of benzene rings is 2. The molecule has 1 amide bonds. The highest BCUT2D eigenvalue weighted by molar-refractivity contribution is 6.34. The van der Waals surface area contributed by atoms with Crippen molar-refractivity contribution in [1.82, 2.24) is 15.3 Å². The third kappa shape index (κ3) is 5.73. The number of hydrogen-bond donors (Lipinski definition) is 1. The van der Waals surface area contributed by atoms with Crippen LogP contribution in [-0.4, -0.2) is 29.2 Å². The lowest BCUT2D eigenvalue weighted by Crippen LogP contribution is -2.18. The van der Waals surface area contributed by atoms with Gasteiger partial charge in [-0.25, -0.2) is 18.7 Å². The molecule has 0 aliphatic carbocycles. The molecule has 1 unspecified atom stereocenters. The van der Waals surface area contributed by atoms with Gasteiger partial charge in [-0.3, -0.25) is 4.79 Å². The van der Waals surface area contributed by atoms with E-state index in [0.29, 0.717) is 29.3 Å². The maximum absolute atomic E-state index is 12.8. The highest BCUT2D eigenvalue weighted by Crippen LogP contribution is 2.35. The van der Waals surface area contributed by atoms with Crippen LogP contribution in [0.4, 0.5) is 8.78 Å². The minimum atomic E-state index is -2.64. The van der Waals surface area contributed by atoms with Crippen LogP contribution in [0.15, 0.2) is 54.7 Å². The number of nitrogens with one attached hydrogen (secondary N) is 1. The van der Waals surface area contributed by atoms with Gasteiger partial charge in [0, 0.05) is 37.6 Å². The van der Waals surface area contributed by atoms with E-state index in [0.717, 1.165) is 23.0 Å². The van der Waals surface area contributed by atoms with Gasteiger partial charge in [-0.2, -0.15) is 0 Å². The standard InChI is InChI=1S/C24H22ClF2N3O2/c1-28-22(32)10-9-17(14-31)19-4-2-3-18(23(19)25)16-7-5-15(6-8-16)13-21-29-12-11-20(30-21)24(26)27/h2-8,11-12,14,17,24H,9-10,13H2,1H3,(H,28,32). The quantitative estimate of drug-likeness (QED) is 0.452. The number of amides is 1. The first-order valence-electron chi connectivity index (χ1n) is 10.1. The van der Waals surface area contributed by atoms with Gasteiger partial charge in [-0.1, -0.05) is 54.1 Å². The van der Waals surface area contributed by atoms with Crippen LogP contribution in [-0.2, 0) is 16.0 Å². The Balaban J connectivity index is 1.80. The van der Waals surface area contributed by atoms with Crippen molar-refractivity contribution in [3.8, 4) is 11.1 Å². The molecule has 166 valence electrons. The van der Waals surface area contributed by atoms with Gasteiger partial charge in [0.25, 0.3) is 6.43 Å². The van der Waals surface area contributed by atoms with Crippen LogP contribution in [0.3, 0.4) is 0 Å². The Hall–Kier alpha value is -3.19. The average molecular weight is 458 g/mol. The molecule has 0 fully saturated rings. The van der Waals surface area contributed by atoms with Gasteiger partial charge in [0.1, 0.15) is 17.8 Å². The maximum atomic E-state index is 12.8. The number of aldehydes is 1. The van der Waals surface area contributed by atoms with E-state index in [1.54, 1.807) is 13.1 Å². The molecular weight excluding hydrogens is 436 g/mol. The second kappa shape index (κ2) is 10.9. The first kappa shape index (κ1) is 23.5. The van der Waals surface area contributed by atoms with Crippen molar-refractivity contribution in [1.29, 1.82) is 0 Å². The Morgan fingerprint density at radius 1 is 1.16 bits per heavy atom. The summed E-state index contributed by atoms with van der Waals surface area (Å²) in [4.78, 5) is 31.1. The Labute approximate surface area is 189 Å². The van der Waals surface area contributed by atoms with Gasteiger partial charge in [0.05, 0.1) is 5.02 Å². The molecule has 32 heavy (non-hydrogen) atoms. The van der Waals surface area contributed by atoms with E-state index in [1.165, 1.54) is 12.3 Å². The molecule has 0 saturated heterocycles. The lowest BCUT2D eigenvalue weighted by molar-refractivity contribution is -0.120. The summed E-state index contributed by atoms with van der Waals surface area (Å²) in [7, 11) is 1.55. The van der Waals surface area contributed by atoms with Crippen LogP contribution in [0, 0.1) is 0 Å². The van der Waals surface area contributed by atoms with Crippen molar-refractivity contribution < 1.29 is 18.4 Å². The predicted octanol–water partition coefficient (Wildman–Crippen LogP) is 5.13. The summed E-state index contributed by atoms with van der Waals surface area (Å²) in [6.07, 6.45) is 0.413. The summed E-state index contributed by atoms with van der Waals surface area (Å²) < 4.78 is 25.7. The van der Waals surface area contributed by atoms with Gasteiger partial charge in [0.2, 0.25) is 5.91 Å². The van der Waals surface area contributed by atoms with Crippen molar-refractivity contribution in [2.75, 3.05) is 7.05 Å². The molecule has 0 saturated carbocycles. The van der Waals surface area contributed by atoms with E-state index < -0.39 is 12.3 Å². The predicted molar refractivity (Wildman–Crippen MR) is 119 cm³/mol. The second-order valence-electron chi connectivity index (χ2n) is 7.24. The van der Waals surface area contributed by atoms with Gasteiger partial charge in [-0.05, 0) is 29.2 Å². The summed E-state index contributed by atoms with van der Waals surface area (Å²) >= 11 is 6.63. The average Bonchev–Trinajstić information content (AvgIpc) is 2.81. The van der Waals surface area contributed by atoms with Gasteiger partial charge in [-0.15, -0.1) is 0 Å². The zero-order chi connectivity index (χ0) is 23.1. The molecule has 1 heterocycles. The Morgan fingerprint density at radius 2 is 1.91 bits per heavy atom. The van der Waals surface area contributed by atoms with E-state index in [4.69, 9.17) is 11.6 Å². The highest BCUT2D eigenvalue weighted by atomic mass is 35.5. The fourth-order valence-electron chi connectivity index (χ4n) is 3.37. The molecular formula is C24H22ClF2N3O2. The molecule has 0 spiro atoms. The highest BCUT2D eigenvalue weighted by Gasteiger charge is 2.18. The van der Waals surface area contributed by atoms with Crippen LogP contribution in [0.1, 0.15) is 47.8 Å². The van der Waals surface area contributed by atoms with Crippen molar-refractivity contribution >= 4 is 23.8 Å². The molecule has 8 heteroatoms. The second-order valence-corrected chi connectivity index (χ2v) is 7.61. The van der Waals surface area contributed by atoms with Crippen LogP contribution < -0.4 is 5.32 Å². The minimum absolute atomic E-state index is 0.136. The number of carbonyl (C=O) groups is 2. The number of halogens is 3. The number of nitrogens with zero attached hydrogens (tertiary/aromatic N) is 2. The van der Waals surface area contributed by atoms with E-state index in [2.05, 4.69) is 15.3 Å². The van der Waals surface area contributed by atoms with Crippen LogP contribution in [0.25, 0.3) is 11.1 Å². The molecule has 0 bridgehead atoms. The van der Waals surface area contributed by atoms with Gasteiger partial charge >= 0.3 is 0 Å². The zero-order valence-electron chi connectivity index (χ0n) is 17.4. The Morgan fingerprint density at radius 3 is 2.56 bits per heavy atom. The van der Waals surface area contributed by atoms with Crippen LogP contribution >= 0.6 is 11.6 Å². The first-order chi connectivity index (χ1) is 15.4. The third-order valence-corrected chi connectivity index (χ3v) is 5.55. The normalized spacial score (nSPS) is 11.9. The summed E-state index contributed by atoms with van der Waals surface area (Å²) in [5, 5.41) is 3.01. The smallest absolute Gasteiger partial charge is 0.280 e. The molecule has 0 aliphatic rings. The molecule has 0 aliphatic heterocycles. The Kier molecular flexibility index (Phi) is 8.00. The summed E-state index contributed by atoms with van der Waals surface area (Å²) in [5.41, 5.74) is 2.85. The minimum Gasteiger partial charge on any atom is -0.359 e. The number of aromatic nitrogens is 2. The summed E-state index contributed by atoms with van der Waals surface area (Å²) in [6.45, 7) is 0. The molecule has 1 N–H and O–H groups in total. The summed E-state index contributed by atoms with van der Waals surface area (Å²) in [5.74, 6) is -0.304. The third-order valence-electron chi connectivity index (χ3n) is 5.13. The van der Waals surface area contributed by atoms with Crippen molar-refractivity contribution in [3.05, 3.63) is 82.4 Å². The van der Waals surface area contributed by atoms with Crippen LogP contribution in [0.2, 0.25) is 5.02 Å². The number of alkyl halides is 2. The summed E-state index contributed by atoms with van der Waals surface area (Å²) in [6, 6.07) is 14.1. The SMILES string of the molecule is CNC(=O)CCC(C=O)c1cccc(-c2ccc(Cc3nccc(C(F)F)n3)cc2)c1Cl. The molecule has 0 radical (unpaired) electrons. The van der Waals surface area contributed by atoms with Gasteiger partial charge < -0.3 is 10.1 Å². The molecule has 2 aromatic carbocycles. The molecule has 3 aromatic rings. The fraction of sp³-hybridized carbons (Fsp3) is 0.250. The van der Waals surface area contributed by atoms with Gasteiger partial charge in [0.15, 0.2) is 0 Å². The molecule has 5 nitrogen and oxygen atoms in total. The Bertz CT molecular complexity index is 1090. The largest absolute Gasteiger partial charge is 0.359 e. The van der Waals surface area contributed by atoms with Crippen molar-refractivity contribution in [2.24, 2.45) is 0 Å². The molecule has 1 aromatic heterocycles. The lowest BCUT2D eigenvalue weighted by atomic mass is 9.92. The monoisotopic (exact) mass is 457 g/mol. The van der Waals surface area contributed by atoms with Crippen molar-refractivity contribution in [2.45, 2.75) is 31.6 Å². The molecule has 1 atom stereocenters. The van der Waals surface area contributed by atoms with Crippen molar-refractivity contribution in [3.63, 3.8) is 0 Å². The lowest BCUT2D eigenvalue weighted by Gasteiger charge is -2.15. The number of rotatable bonds is 9. The maximum Gasteiger partial charge on any atom is 0.280 e. The van der Waals surface area contributed by atoms with E-state index >= 15 is 0 Å².